The molecule has 0 spiro atoms. The fraction of sp³-hybridized carbons (Fsp3) is 0. The van der Waals surface area contributed by atoms with Crippen molar-refractivity contribution < 1.29 is 33.0 Å². The van der Waals surface area contributed by atoms with Gasteiger partial charge in [-0.25, -0.2) is 0 Å². The van der Waals surface area contributed by atoms with Gasteiger partial charge in [0.25, 0.3) is 7.82 Å². The number of nitrogen functional groups attached to an aromatic ring is 3. The molecular formula is C3H7AlN6O7P2. The minimum atomic E-state index is -5.61. The van der Waals surface area contributed by atoms with Crippen LogP contribution in [-0.4, -0.2) is 37.2 Å². The second kappa shape index (κ2) is 7.71. The van der Waals surface area contributed by atoms with Gasteiger partial charge in [-0.05, 0) is 0 Å². The van der Waals surface area contributed by atoms with E-state index >= 15 is 0 Å². The average molecular weight is 328 g/mol. The van der Waals surface area contributed by atoms with Crippen molar-refractivity contribution in [3.8, 4) is 0 Å². The molecule has 0 saturated carbocycles. The molecule has 0 aromatic carbocycles. The van der Waals surface area contributed by atoms with Crippen molar-refractivity contribution in [2.75, 3.05) is 17.2 Å². The Kier molecular flexibility index (Phi) is 8.33. The zero-order chi connectivity index (χ0) is 14.6. The van der Waals surface area contributed by atoms with E-state index in [1.165, 1.54) is 0 Å². The first-order valence-electron chi connectivity index (χ1n) is 3.69. The summed E-state index contributed by atoms with van der Waals surface area (Å²) in [6.45, 7) is 0. The van der Waals surface area contributed by atoms with E-state index < -0.39 is 15.6 Å². The molecule has 0 saturated heterocycles. The largest absolute Gasteiger partial charge is 3.00 e. The fourth-order valence-corrected chi connectivity index (χ4v) is 1.56. The summed E-state index contributed by atoms with van der Waals surface area (Å²) < 4.78 is 21.4. The molecule has 0 fully saturated rings. The Hall–Kier alpha value is -0.798. The summed E-state index contributed by atoms with van der Waals surface area (Å²) in [5.74, 6) is 0.125. The van der Waals surface area contributed by atoms with E-state index in [-0.39, 0.29) is 35.2 Å². The molecule has 1 unspecified atom stereocenters. The molecule has 0 aliphatic heterocycles. The standard InChI is InChI=1S/C3H6N6.Al.H4O7P2/c4-1-7-2(5)9-3(6)8-1;;1-8(2,3)7-9(4,5)6/h(H6,4,5,6,7,8,9);;(H2,1,2,3)(H2,4,5,6)/q;+3;/p-3. The molecule has 0 amide bonds. The molecule has 19 heavy (non-hydrogen) atoms. The molecule has 1 aromatic rings. The van der Waals surface area contributed by atoms with Crippen molar-refractivity contribution in [2.45, 2.75) is 0 Å². The number of hydrogen-bond donors (Lipinski definition) is 4. The maximum Gasteiger partial charge on any atom is 3.00 e. The Morgan fingerprint density at radius 1 is 0.947 bits per heavy atom. The van der Waals surface area contributed by atoms with E-state index in [0.717, 1.165) is 0 Å². The summed E-state index contributed by atoms with van der Waals surface area (Å²) in [4.78, 5) is 46.2. The summed E-state index contributed by atoms with van der Waals surface area (Å²) >= 11 is 0. The molecule has 7 N–H and O–H groups in total. The van der Waals surface area contributed by atoms with Crippen molar-refractivity contribution >= 4 is 50.9 Å². The van der Waals surface area contributed by atoms with Crippen molar-refractivity contribution in [3.63, 3.8) is 0 Å². The van der Waals surface area contributed by atoms with Gasteiger partial charge in [-0.3, -0.25) is 8.88 Å². The number of rotatable bonds is 2. The quantitative estimate of drug-likeness (QED) is 0.295. The summed E-state index contributed by atoms with van der Waals surface area (Å²) in [7, 11) is -11.0. The van der Waals surface area contributed by atoms with Crippen molar-refractivity contribution in [3.05, 3.63) is 0 Å². The third-order valence-corrected chi connectivity index (χ3v) is 2.52. The zero-order valence-corrected chi connectivity index (χ0v) is 11.9. The monoisotopic (exact) mass is 328 g/mol. The maximum absolute atomic E-state index is 9.44. The van der Waals surface area contributed by atoms with E-state index in [2.05, 4.69) is 19.3 Å². The third-order valence-electron chi connectivity index (χ3n) is 0.890. The molecule has 1 rings (SSSR count). The minimum absolute atomic E-state index is 0. The van der Waals surface area contributed by atoms with Gasteiger partial charge in [-0.1, -0.05) is 0 Å². The van der Waals surface area contributed by atoms with Crippen molar-refractivity contribution in [1.29, 1.82) is 0 Å². The molecule has 16 heteroatoms. The van der Waals surface area contributed by atoms with E-state index in [1.807, 2.05) is 0 Å². The Morgan fingerprint density at radius 3 is 1.32 bits per heavy atom. The normalized spacial score (nSPS) is 13.5. The van der Waals surface area contributed by atoms with Crippen LogP contribution in [0.15, 0.2) is 0 Å². The number of hydrogen-bond acceptors (Lipinski definition) is 12. The first-order valence-corrected chi connectivity index (χ1v) is 6.64. The van der Waals surface area contributed by atoms with Crippen LogP contribution in [0.1, 0.15) is 0 Å². The molecule has 1 atom stereocenters. The molecule has 0 radical (unpaired) electrons. The van der Waals surface area contributed by atoms with Crippen molar-refractivity contribution in [2.24, 2.45) is 0 Å². The van der Waals surface area contributed by atoms with Crippen LogP contribution in [0.2, 0.25) is 0 Å². The first-order chi connectivity index (χ1) is 7.89. The third kappa shape index (κ3) is 13.4. The van der Waals surface area contributed by atoms with Crippen LogP contribution < -0.4 is 31.9 Å². The van der Waals surface area contributed by atoms with Crippen LogP contribution in [0.5, 0.6) is 0 Å². The van der Waals surface area contributed by atoms with Gasteiger partial charge in [0, 0.05) is 0 Å². The van der Waals surface area contributed by atoms with Crippen LogP contribution in [0, 0.1) is 0 Å². The second-order valence-corrected chi connectivity index (χ2v) is 4.89. The van der Waals surface area contributed by atoms with Gasteiger partial charge < -0.3 is 41.3 Å². The Morgan fingerprint density at radius 2 is 1.21 bits per heavy atom. The van der Waals surface area contributed by atoms with E-state index in [9.17, 15) is 23.8 Å². The number of nitrogens with zero attached hydrogens (tertiary/aromatic N) is 3. The average Bonchev–Trinajstić information content (AvgIpc) is 1.92. The molecule has 1 heterocycles. The second-order valence-electron chi connectivity index (χ2n) is 2.41. The van der Waals surface area contributed by atoms with Gasteiger partial charge in [0.2, 0.25) is 17.8 Å². The van der Waals surface area contributed by atoms with Gasteiger partial charge in [0.1, 0.15) is 0 Å². The Balaban J connectivity index is 0. The van der Waals surface area contributed by atoms with Crippen LogP contribution in [-0.2, 0) is 13.4 Å². The molecule has 104 valence electrons. The van der Waals surface area contributed by atoms with E-state index in [1.54, 1.807) is 0 Å². The number of nitrogens with two attached hydrogens (primary N) is 3. The molecule has 0 aliphatic carbocycles. The Bertz CT molecular complexity index is 431. The van der Waals surface area contributed by atoms with Crippen LogP contribution in [0.3, 0.4) is 0 Å². The summed E-state index contributed by atoms with van der Waals surface area (Å²) in [6, 6.07) is 0. The number of phosphoric acid groups is 2. The summed E-state index contributed by atoms with van der Waals surface area (Å²) in [6.07, 6.45) is 0. The molecule has 13 nitrogen and oxygen atoms in total. The van der Waals surface area contributed by atoms with Gasteiger partial charge in [0.15, 0.2) is 0 Å². The minimum Gasteiger partial charge on any atom is -0.790 e. The summed E-state index contributed by atoms with van der Waals surface area (Å²) in [5, 5.41) is 0. The molecular weight excluding hydrogens is 321 g/mol. The van der Waals surface area contributed by atoms with E-state index in [4.69, 9.17) is 22.1 Å². The zero-order valence-electron chi connectivity index (χ0n) is 8.94. The van der Waals surface area contributed by atoms with E-state index in [0.29, 0.717) is 0 Å². The van der Waals surface area contributed by atoms with Gasteiger partial charge in [-0.2, -0.15) is 15.0 Å². The molecule has 0 aliphatic rings. The van der Waals surface area contributed by atoms with Gasteiger partial charge >= 0.3 is 17.4 Å². The van der Waals surface area contributed by atoms with Crippen LogP contribution in [0.25, 0.3) is 0 Å². The van der Waals surface area contributed by atoms with Crippen molar-refractivity contribution in [1.82, 2.24) is 15.0 Å². The SMILES string of the molecule is Nc1nc(N)nc(N)n1.O=P([O-])([O-])OP(=O)([O-])O.[Al+3]. The van der Waals surface area contributed by atoms with Crippen LogP contribution in [0.4, 0.5) is 17.8 Å². The fourth-order valence-electron chi connectivity index (χ4n) is 0.553. The maximum atomic E-state index is 9.44. The first kappa shape index (κ1) is 20.5. The Labute approximate surface area is 116 Å². The predicted molar refractivity (Wildman–Crippen MR) is 57.3 cm³/mol. The number of aromatic nitrogens is 3. The van der Waals surface area contributed by atoms with Gasteiger partial charge in [0.05, 0.1) is 7.82 Å². The summed E-state index contributed by atoms with van der Waals surface area (Å²) in [5.41, 5.74) is 15.4. The predicted octanol–water partition coefficient (Wildman–Crippen LogP) is -4.47. The number of anilines is 3. The molecule has 1 aromatic heterocycles. The topological polar surface area (TPSA) is 250 Å². The molecule has 0 bridgehead atoms. The van der Waals surface area contributed by atoms with Gasteiger partial charge in [-0.15, -0.1) is 0 Å². The van der Waals surface area contributed by atoms with Crippen LogP contribution >= 0.6 is 15.6 Å². The smallest absolute Gasteiger partial charge is 0.790 e.